The quantitative estimate of drug-likeness (QED) is 0.604. The Morgan fingerprint density at radius 3 is 3.00 bits per heavy atom. The second kappa shape index (κ2) is 3.83. The van der Waals surface area contributed by atoms with Crippen molar-refractivity contribution < 1.29 is 4.79 Å². The maximum Gasteiger partial charge on any atom is 0.131 e. The van der Waals surface area contributed by atoms with E-state index in [1.54, 1.807) is 6.92 Å². The zero-order valence-electron chi connectivity index (χ0n) is 7.26. The second-order valence-corrected chi connectivity index (χ2v) is 3.32. The highest BCUT2D eigenvalue weighted by molar-refractivity contribution is 5.76. The molecule has 1 saturated heterocycles. The first-order chi connectivity index (χ1) is 5.18. The third-order valence-electron chi connectivity index (χ3n) is 1.99. The van der Waals surface area contributed by atoms with Crippen LogP contribution in [-0.2, 0) is 4.79 Å². The van der Waals surface area contributed by atoms with Gasteiger partial charge < -0.3 is 10.2 Å². The van der Waals surface area contributed by atoms with Gasteiger partial charge in [-0.1, -0.05) is 0 Å². The van der Waals surface area contributed by atoms with Gasteiger partial charge in [0.25, 0.3) is 0 Å². The molecule has 0 saturated carbocycles. The minimum Gasteiger partial charge on any atom is -0.311 e. The molecule has 3 nitrogen and oxygen atoms in total. The van der Waals surface area contributed by atoms with E-state index in [0.29, 0.717) is 12.5 Å². The minimum absolute atomic E-state index is 0.276. The molecule has 1 rings (SSSR count). The second-order valence-electron chi connectivity index (χ2n) is 3.32. The fourth-order valence-corrected chi connectivity index (χ4v) is 1.48. The number of Topliss-reactive ketones (excluding diaryl/α,β-unsaturated/α-hetero) is 1. The molecule has 1 atom stereocenters. The molecule has 1 heterocycles. The van der Waals surface area contributed by atoms with Gasteiger partial charge in [0.2, 0.25) is 0 Å². The molecule has 1 aliphatic rings. The van der Waals surface area contributed by atoms with Crippen LogP contribution in [0.3, 0.4) is 0 Å². The van der Waals surface area contributed by atoms with Gasteiger partial charge in [-0.3, -0.25) is 4.79 Å². The fourth-order valence-electron chi connectivity index (χ4n) is 1.48. The van der Waals surface area contributed by atoms with Crippen molar-refractivity contribution in [3.8, 4) is 0 Å². The van der Waals surface area contributed by atoms with Crippen LogP contribution in [0.2, 0.25) is 0 Å². The summed E-state index contributed by atoms with van der Waals surface area (Å²) in [5, 5.41) is 3.32. The molecule has 0 bridgehead atoms. The smallest absolute Gasteiger partial charge is 0.131 e. The highest BCUT2D eigenvalue weighted by atomic mass is 16.1. The van der Waals surface area contributed by atoms with Crippen molar-refractivity contribution in [1.29, 1.82) is 0 Å². The summed E-state index contributed by atoms with van der Waals surface area (Å²) < 4.78 is 0. The predicted molar refractivity (Wildman–Crippen MR) is 44.6 cm³/mol. The van der Waals surface area contributed by atoms with E-state index in [2.05, 4.69) is 17.3 Å². The van der Waals surface area contributed by atoms with Crippen molar-refractivity contribution in [3.63, 3.8) is 0 Å². The van der Waals surface area contributed by atoms with Gasteiger partial charge in [-0.05, 0) is 14.0 Å². The Morgan fingerprint density at radius 1 is 1.73 bits per heavy atom. The molecular formula is C8H16N2O. The highest BCUT2D eigenvalue weighted by Gasteiger charge is 2.16. The predicted octanol–water partition coefficient (Wildman–Crippen LogP) is -0.131. The molecule has 0 radical (unpaired) electrons. The zero-order valence-corrected chi connectivity index (χ0v) is 7.26. The number of piperazine rings is 1. The summed E-state index contributed by atoms with van der Waals surface area (Å²) in [7, 11) is 2.09. The van der Waals surface area contributed by atoms with Gasteiger partial charge in [0.15, 0.2) is 0 Å². The van der Waals surface area contributed by atoms with Crippen molar-refractivity contribution >= 4 is 5.78 Å². The minimum atomic E-state index is 0.276. The molecular weight excluding hydrogens is 140 g/mol. The first kappa shape index (κ1) is 8.68. The number of carbonyl (C=O) groups excluding carboxylic acids is 1. The van der Waals surface area contributed by atoms with Gasteiger partial charge in [0.1, 0.15) is 5.78 Å². The van der Waals surface area contributed by atoms with Crippen LogP contribution < -0.4 is 5.32 Å². The molecule has 64 valence electrons. The molecule has 3 heteroatoms. The van der Waals surface area contributed by atoms with Gasteiger partial charge in [0, 0.05) is 32.1 Å². The van der Waals surface area contributed by atoms with Crippen LogP contribution >= 0.6 is 0 Å². The van der Waals surface area contributed by atoms with Gasteiger partial charge in [-0.2, -0.15) is 0 Å². The molecule has 1 N–H and O–H groups in total. The fraction of sp³-hybridized carbons (Fsp3) is 0.875. The van der Waals surface area contributed by atoms with Crippen LogP contribution in [0.25, 0.3) is 0 Å². The van der Waals surface area contributed by atoms with E-state index in [0.717, 1.165) is 19.6 Å². The van der Waals surface area contributed by atoms with E-state index in [-0.39, 0.29) is 5.78 Å². The van der Waals surface area contributed by atoms with E-state index in [9.17, 15) is 4.79 Å². The SMILES string of the molecule is CC(=O)CC1CN(C)CCN1. The number of hydrogen-bond acceptors (Lipinski definition) is 3. The molecule has 0 aromatic rings. The number of rotatable bonds is 2. The Kier molecular flexibility index (Phi) is 3.02. The molecule has 0 spiro atoms. The Labute approximate surface area is 67.8 Å². The Morgan fingerprint density at radius 2 is 2.45 bits per heavy atom. The lowest BCUT2D eigenvalue weighted by atomic mass is 10.1. The van der Waals surface area contributed by atoms with Crippen molar-refractivity contribution in [2.75, 3.05) is 26.7 Å². The number of ketones is 1. The maximum absolute atomic E-state index is 10.8. The van der Waals surface area contributed by atoms with Crippen LogP contribution in [0.1, 0.15) is 13.3 Å². The third-order valence-corrected chi connectivity index (χ3v) is 1.99. The normalized spacial score (nSPS) is 26.9. The monoisotopic (exact) mass is 156 g/mol. The number of hydrogen-bond donors (Lipinski definition) is 1. The van der Waals surface area contributed by atoms with Gasteiger partial charge >= 0.3 is 0 Å². The highest BCUT2D eigenvalue weighted by Crippen LogP contribution is 2.00. The molecule has 0 aromatic heterocycles. The number of nitrogens with zero attached hydrogens (tertiary/aromatic N) is 1. The molecule has 0 aliphatic carbocycles. The van der Waals surface area contributed by atoms with Crippen molar-refractivity contribution in [2.24, 2.45) is 0 Å². The Bertz CT molecular complexity index is 147. The van der Waals surface area contributed by atoms with E-state index in [4.69, 9.17) is 0 Å². The van der Waals surface area contributed by atoms with Gasteiger partial charge in [0.05, 0.1) is 0 Å². The van der Waals surface area contributed by atoms with Gasteiger partial charge in [-0.25, -0.2) is 0 Å². The Balaban J connectivity index is 2.28. The van der Waals surface area contributed by atoms with Gasteiger partial charge in [-0.15, -0.1) is 0 Å². The molecule has 0 amide bonds. The Hall–Kier alpha value is -0.410. The first-order valence-corrected chi connectivity index (χ1v) is 4.10. The van der Waals surface area contributed by atoms with Crippen molar-refractivity contribution in [1.82, 2.24) is 10.2 Å². The lowest BCUT2D eigenvalue weighted by Gasteiger charge is -2.30. The zero-order chi connectivity index (χ0) is 8.27. The van der Waals surface area contributed by atoms with Crippen LogP contribution in [0.4, 0.5) is 0 Å². The van der Waals surface area contributed by atoms with Crippen LogP contribution in [-0.4, -0.2) is 43.4 Å². The summed E-state index contributed by atoms with van der Waals surface area (Å²) >= 11 is 0. The summed E-state index contributed by atoms with van der Waals surface area (Å²) in [5.41, 5.74) is 0. The number of likely N-dealkylation sites (N-methyl/N-ethyl adjacent to an activating group) is 1. The number of carbonyl (C=O) groups is 1. The average molecular weight is 156 g/mol. The average Bonchev–Trinajstić information content (AvgIpc) is 1.85. The molecule has 1 fully saturated rings. The number of nitrogens with one attached hydrogen (secondary N) is 1. The summed E-state index contributed by atoms with van der Waals surface area (Å²) in [4.78, 5) is 13.0. The summed E-state index contributed by atoms with van der Waals surface area (Å²) in [6.07, 6.45) is 0.671. The van der Waals surface area contributed by atoms with Crippen LogP contribution in [0.15, 0.2) is 0 Å². The lowest BCUT2D eigenvalue weighted by molar-refractivity contribution is -0.117. The molecule has 11 heavy (non-hydrogen) atoms. The van der Waals surface area contributed by atoms with E-state index in [1.807, 2.05) is 0 Å². The molecule has 1 aliphatic heterocycles. The summed E-state index contributed by atoms with van der Waals surface area (Å²) in [6.45, 7) is 4.75. The molecule has 1 unspecified atom stereocenters. The maximum atomic E-state index is 10.8. The van der Waals surface area contributed by atoms with E-state index >= 15 is 0 Å². The van der Waals surface area contributed by atoms with Crippen molar-refractivity contribution in [3.05, 3.63) is 0 Å². The summed E-state index contributed by atoms with van der Waals surface area (Å²) in [6, 6.07) is 0.381. The van der Waals surface area contributed by atoms with Crippen LogP contribution in [0, 0.1) is 0 Å². The summed E-state index contributed by atoms with van der Waals surface area (Å²) in [5.74, 6) is 0.276. The van der Waals surface area contributed by atoms with E-state index < -0.39 is 0 Å². The third kappa shape index (κ3) is 2.99. The topological polar surface area (TPSA) is 32.3 Å². The van der Waals surface area contributed by atoms with E-state index in [1.165, 1.54) is 0 Å². The molecule has 0 aromatic carbocycles. The van der Waals surface area contributed by atoms with Crippen molar-refractivity contribution in [2.45, 2.75) is 19.4 Å². The largest absolute Gasteiger partial charge is 0.311 e. The first-order valence-electron chi connectivity index (χ1n) is 4.10. The lowest BCUT2D eigenvalue weighted by Crippen LogP contribution is -2.49. The van der Waals surface area contributed by atoms with Crippen LogP contribution in [0.5, 0.6) is 0 Å². The standard InChI is InChI=1S/C8H16N2O/c1-7(11)5-8-6-10(2)4-3-9-8/h8-9H,3-6H2,1-2H3.